The molecule has 172 valence electrons. The summed E-state index contributed by atoms with van der Waals surface area (Å²) in [6.07, 6.45) is 7.31. The Morgan fingerprint density at radius 3 is 2.74 bits per heavy atom. The van der Waals surface area contributed by atoms with Crippen molar-refractivity contribution in [1.82, 2.24) is 24.3 Å². The molecule has 34 heavy (non-hydrogen) atoms. The summed E-state index contributed by atoms with van der Waals surface area (Å²) in [7, 11) is 0. The summed E-state index contributed by atoms with van der Waals surface area (Å²) in [5.74, 6) is 0.552. The Kier molecular flexibility index (Phi) is 5.06. The van der Waals surface area contributed by atoms with Gasteiger partial charge in [0.25, 0.3) is 0 Å². The van der Waals surface area contributed by atoms with Gasteiger partial charge in [-0.1, -0.05) is 29.8 Å². The standard InChI is InChI=1S/C24H22ClN7O2/c25-16-3-1-2-14(8-16)18-9-19(18)21(33)28-23-29-22(30-24(34)31-23)26-10-17-12-32-11-15(13-4-5-13)6-7-20(32)27-17/h1-3,6-8,11-13,18-19H,4-5,9-10H2,(H3,26,28,29,30,31,33,34). The number of aromatic nitrogens is 5. The first-order chi connectivity index (χ1) is 16.5. The third-order valence-electron chi connectivity index (χ3n) is 6.26. The fraction of sp³-hybridized carbons (Fsp3) is 0.292. The number of carbonyl (C=O) groups excluding carboxylic acids is 1. The Bertz CT molecular complexity index is 1400. The second kappa shape index (κ2) is 8.25. The number of nitrogens with zero attached hydrogens (tertiary/aromatic N) is 5. The van der Waals surface area contributed by atoms with Gasteiger partial charge in [-0.25, -0.2) is 4.98 Å². The highest BCUT2D eigenvalue weighted by molar-refractivity contribution is 6.30. The van der Waals surface area contributed by atoms with Gasteiger partial charge in [0.2, 0.25) is 17.8 Å². The van der Waals surface area contributed by atoms with E-state index in [0.717, 1.165) is 23.3 Å². The molecule has 6 rings (SSSR count). The predicted octanol–water partition coefficient (Wildman–Crippen LogP) is 4.11. The summed E-state index contributed by atoms with van der Waals surface area (Å²) in [5, 5.41) is 16.3. The van der Waals surface area contributed by atoms with E-state index in [2.05, 4.69) is 42.8 Å². The van der Waals surface area contributed by atoms with Crippen LogP contribution in [0.1, 0.15) is 47.9 Å². The van der Waals surface area contributed by atoms with E-state index in [-0.39, 0.29) is 29.6 Å². The SMILES string of the molecule is O=C(Nc1nc(O)nc(NCc2cn3cc(C4CC4)ccc3n2)n1)C1CC1c1cccc(Cl)c1. The lowest BCUT2D eigenvalue weighted by atomic mass is 10.1. The number of carbonyl (C=O) groups is 1. The van der Waals surface area contributed by atoms with Gasteiger partial charge < -0.3 is 14.8 Å². The number of anilines is 2. The summed E-state index contributed by atoms with van der Waals surface area (Å²) in [5.41, 5.74) is 4.04. The van der Waals surface area contributed by atoms with Crippen molar-refractivity contribution in [3.8, 4) is 6.01 Å². The zero-order chi connectivity index (χ0) is 23.2. The third-order valence-corrected chi connectivity index (χ3v) is 6.50. The van der Waals surface area contributed by atoms with E-state index in [4.69, 9.17) is 11.6 Å². The Hall–Kier alpha value is -3.72. The zero-order valence-electron chi connectivity index (χ0n) is 18.1. The molecule has 9 nitrogen and oxygen atoms in total. The Labute approximate surface area is 200 Å². The first-order valence-electron chi connectivity index (χ1n) is 11.2. The van der Waals surface area contributed by atoms with Gasteiger partial charge in [0.15, 0.2) is 0 Å². The van der Waals surface area contributed by atoms with Crippen molar-refractivity contribution in [1.29, 1.82) is 0 Å². The number of imidazole rings is 1. The van der Waals surface area contributed by atoms with Crippen LogP contribution in [0.3, 0.4) is 0 Å². The molecule has 0 bridgehead atoms. The lowest BCUT2D eigenvalue weighted by Gasteiger charge is -2.07. The minimum atomic E-state index is -0.473. The number of nitrogens with one attached hydrogen (secondary N) is 2. The van der Waals surface area contributed by atoms with Gasteiger partial charge in [-0.05, 0) is 60.4 Å². The highest BCUT2D eigenvalue weighted by Crippen LogP contribution is 2.48. The van der Waals surface area contributed by atoms with Gasteiger partial charge in [0, 0.05) is 23.3 Å². The first kappa shape index (κ1) is 20.9. The fourth-order valence-corrected chi connectivity index (χ4v) is 4.47. The van der Waals surface area contributed by atoms with E-state index in [0.29, 0.717) is 17.5 Å². The van der Waals surface area contributed by atoms with E-state index >= 15 is 0 Å². The molecular weight excluding hydrogens is 454 g/mol. The topological polar surface area (TPSA) is 117 Å². The molecule has 4 aromatic rings. The van der Waals surface area contributed by atoms with Gasteiger partial charge in [-0.3, -0.25) is 10.1 Å². The second-order valence-corrected chi connectivity index (χ2v) is 9.30. The van der Waals surface area contributed by atoms with Crippen molar-refractivity contribution >= 4 is 35.1 Å². The monoisotopic (exact) mass is 475 g/mol. The molecule has 2 atom stereocenters. The van der Waals surface area contributed by atoms with Gasteiger partial charge in [-0.15, -0.1) is 0 Å². The van der Waals surface area contributed by atoms with Gasteiger partial charge >= 0.3 is 6.01 Å². The average molecular weight is 476 g/mol. The molecule has 2 aliphatic carbocycles. The summed E-state index contributed by atoms with van der Waals surface area (Å²) < 4.78 is 2.02. The van der Waals surface area contributed by atoms with Crippen LogP contribution in [0.15, 0.2) is 48.8 Å². The average Bonchev–Trinajstić information content (AvgIpc) is 3.73. The minimum absolute atomic E-state index is 0.000760. The number of fused-ring (bicyclic) bond motifs is 1. The van der Waals surface area contributed by atoms with Gasteiger partial charge in [-0.2, -0.15) is 15.0 Å². The molecule has 3 N–H and O–H groups in total. The number of halogens is 1. The maximum atomic E-state index is 12.7. The van der Waals surface area contributed by atoms with Crippen LogP contribution in [0, 0.1) is 5.92 Å². The maximum absolute atomic E-state index is 12.7. The molecule has 1 aromatic carbocycles. The van der Waals surface area contributed by atoms with E-state index < -0.39 is 6.01 Å². The highest BCUT2D eigenvalue weighted by Gasteiger charge is 2.44. The van der Waals surface area contributed by atoms with Crippen molar-refractivity contribution in [2.75, 3.05) is 10.6 Å². The van der Waals surface area contributed by atoms with Crippen LogP contribution in [0.25, 0.3) is 5.65 Å². The molecule has 10 heteroatoms. The minimum Gasteiger partial charge on any atom is -0.479 e. The number of hydrogen-bond acceptors (Lipinski definition) is 7. The van der Waals surface area contributed by atoms with Crippen molar-refractivity contribution < 1.29 is 9.90 Å². The fourth-order valence-electron chi connectivity index (χ4n) is 4.27. The van der Waals surface area contributed by atoms with Crippen LogP contribution in [0.5, 0.6) is 6.01 Å². The maximum Gasteiger partial charge on any atom is 0.320 e. The molecule has 0 spiro atoms. The van der Waals surface area contributed by atoms with Crippen LogP contribution >= 0.6 is 11.6 Å². The third kappa shape index (κ3) is 4.38. The van der Waals surface area contributed by atoms with Crippen molar-refractivity contribution in [2.45, 2.75) is 37.6 Å². The molecule has 2 saturated carbocycles. The molecule has 3 aromatic heterocycles. The lowest BCUT2D eigenvalue weighted by Crippen LogP contribution is -2.17. The Morgan fingerprint density at radius 1 is 1.06 bits per heavy atom. The number of benzene rings is 1. The molecule has 1 amide bonds. The molecule has 0 saturated heterocycles. The molecule has 2 aliphatic rings. The smallest absolute Gasteiger partial charge is 0.320 e. The van der Waals surface area contributed by atoms with Gasteiger partial charge in [0.1, 0.15) is 5.65 Å². The van der Waals surface area contributed by atoms with Crippen LogP contribution in [0.2, 0.25) is 5.02 Å². The predicted molar refractivity (Wildman–Crippen MR) is 127 cm³/mol. The van der Waals surface area contributed by atoms with Crippen LogP contribution in [-0.4, -0.2) is 35.4 Å². The van der Waals surface area contributed by atoms with Crippen LogP contribution < -0.4 is 10.6 Å². The molecule has 2 fully saturated rings. The number of pyridine rings is 1. The summed E-state index contributed by atoms with van der Waals surface area (Å²) >= 11 is 6.06. The Balaban J connectivity index is 1.10. The molecule has 0 radical (unpaired) electrons. The Morgan fingerprint density at radius 2 is 1.91 bits per heavy atom. The van der Waals surface area contributed by atoms with Crippen molar-refractivity contribution in [3.05, 3.63) is 70.6 Å². The largest absolute Gasteiger partial charge is 0.479 e. The molecular formula is C24H22ClN7O2. The normalized spacial score (nSPS) is 19.2. The number of hydrogen-bond donors (Lipinski definition) is 3. The van der Waals surface area contributed by atoms with E-state index in [1.165, 1.54) is 18.4 Å². The molecule has 3 heterocycles. The number of rotatable bonds is 7. The zero-order valence-corrected chi connectivity index (χ0v) is 18.9. The van der Waals surface area contributed by atoms with Gasteiger partial charge in [0.05, 0.1) is 12.2 Å². The molecule has 2 unspecified atom stereocenters. The van der Waals surface area contributed by atoms with E-state index in [9.17, 15) is 9.90 Å². The quantitative estimate of drug-likeness (QED) is 0.368. The summed E-state index contributed by atoms with van der Waals surface area (Å²) in [6, 6.07) is 11.2. The van der Waals surface area contributed by atoms with E-state index in [1.54, 1.807) is 0 Å². The summed E-state index contributed by atoms with van der Waals surface area (Å²) in [4.78, 5) is 29.2. The van der Waals surface area contributed by atoms with Crippen molar-refractivity contribution in [3.63, 3.8) is 0 Å². The first-order valence-corrected chi connectivity index (χ1v) is 11.6. The summed E-state index contributed by atoms with van der Waals surface area (Å²) in [6.45, 7) is 0.358. The van der Waals surface area contributed by atoms with Crippen molar-refractivity contribution in [2.24, 2.45) is 5.92 Å². The molecule has 0 aliphatic heterocycles. The number of aromatic hydroxyl groups is 1. The number of amides is 1. The van der Waals surface area contributed by atoms with Crippen LogP contribution in [0.4, 0.5) is 11.9 Å². The van der Waals surface area contributed by atoms with E-state index in [1.807, 2.05) is 40.9 Å². The second-order valence-electron chi connectivity index (χ2n) is 8.86. The highest BCUT2D eigenvalue weighted by atomic mass is 35.5. The lowest BCUT2D eigenvalue weighted by molar-refractivity contribution is -0.117. The van der Waals surface area contributed by atoms with Crippen LogP contribution in [-0.2, 0) is 11.3 Å².